The van der Waals surface area contributed by atoms with Gasteiger partial charge in [0.2, 0.25) is 0 Å². The topological polar surface area (TPSA) is 20.2 Å². The molecule has 1 heteroatoms. The minimum Gasteiger partial charge on any atom is -0.400 e. The van der Waals surface area contributed by atoms with Gasteiger partial charge >= 0.3 is 0 Å². The predicted octanol–water partition coefficient (Wildman–Crippen LogP) is 14.9. The maximum atomic E-state index is 7.00. The molecular formula is C55H50O. The van der Waals surface area contributed by atoms with E-state index in [0.29, 0.717) is 0 Å². The fraction of sp³-hybridized carbons (Fsp3) is 0.0909. The largest absolute Gasteiger partial charge is 0.400 e. The smallest absolute Gasteiger partial charge is 0.0319 e. The molecule has 1 N–H and O–H groups in total. The van der Waals surface area contributed by atoms with E-state index in [1.165, 1.54) is 88.3 Å². The van der Waals surface area contributed by atoms with Gasteiger partial charge in [-0.3, -0.25) is 0 Å². The summed E-state index contributed by atoms with van der Waals surface area (Å²) in [6.45, 7) is 8.56. The molecule has 0 aromatic heterocycles. The van der Waals surface area contributed by atoms with Crippen LogP contribution < -0.4 is 0 Å². The molecule has 0 saturated heterocycles. The number of aryl methyl sites for hydroxylation is 4. The molecule has 0 spiro atoms. The van der Waals surface area contributed by atoms with Crippen molar-refractivity contribution in [3.05, 3.63) is 229 Å². The highest BCUT2D eigenvalue weighted by Gasteiger charge is 2.16. The average molecular weight is 727 g/mol. The lowest BCUT2D eigenvalue weighted by atomic mass is 9.85. The maximum absolute atomic E-state index is 7.00. The molecule has 0 aliphatic rings. The standard InChI is InChI=1S/C33H24.C14H14.C7H8.CH4O/c1-23-10-9-13-27(22-23)33-30-16-7-5-14-28(30)32(29-15-6-8-17-31(29)33)26-20-18-25(19-21-26)24-11-3-2-4-12-24;1-11-7-3-5-9-13(11)14-10-6-4-8-12(14)2;1-7-5-3-2-4-6-7;1-2/h2-22H,1H3;3-10H,1-2H3;2-6H,1H3;2H,1H3. The number of rotatable bonds is 4. The van der Waals surface area contributed by atoms with Crippen LogP contribution in [-0.2, 0) is 0 Å². The minimum atomic E-state index is 1.00. The molecule has 0 fully saturated rings. The lowest BCUT2D eigenvalue weighted by molar-refractivity contribution is 0.399. The van der Waals surface area contributed by atoms with Crippen LogP contribution in [0.3, 0.4) is 0 Å². The molecule has 0 unspecified atom stereocenters. The van der Waals surface area contributed by atoms with Crippen LogP contribution in [0, 0.1) is 27.7 Å². The number of hydrogen-bond acceptors (Lipinski definition) is 1. The first-order valence-corrected chi connectivity index (χ1v) is 19.2. The van der Waals surface area contributed by atoms with Crippen LogP contribution >= 0.6 is 0 Å². The molecule has 0 atom stereocenters. The zero-order valence-corrected chi connectivity index (χ0v) is 33.1. The van der Waals surface area contributed by atoms with E-state index in [2.05, 4.69) is 216 Å². The molecule has 276 valence electrons. The molecular weight excluding hydrogens is 677 g/mol. The Morgan fingerprint density at radius 1 is 0.268 bits per heavy atom. The van der Waals surface area contributed by atoms with E-state index in [0.717, 1.165) is 7.11 Å². The van der Waals surface area contributed by atoms with Gasteiger partial charge in [-0.25, -0.2) is 0 Å². The number of hydrogen-bond donors (Lipinski definition) is 1. The first kappa shape index (κ1) is 39.2. The fourth-order valence-corrected chi connectivity index (χ4v) is 7.30. The van der Waals surface area contributed by atoms with Crippen LogP contribution in [0.5, 0.6) is 0 Å². The Morgan fingerprint density at radius 2 is 0.607 bits per heavy atom. The summed E-state index contributed by atoms with van der Waals surface area (Å²) >= 11 is 0. The maximum Gasteiger partial charge on any atom is 0.0319 e. The van der Waals surface area contributed by atoms with Gasteiger partial charge in [-0.05, 0) is 105 Å². The van der Waals surface area contributed by atoms with E-state index in [-0.39, 0.29) is 0 Å². The van der Waals surface area contributed by atoms with E-state index in [1.807, 2.05) is 18.2 Å². The van der Waals surface area contributed by atoms with Crippen molar-refractivity contribution < 1.29 is 5.11 Å². The summed E-state index contributed by atoms with van der Waals surface area (Å²) in [4.78, 5) is 0. The zero-order chi connectivity index (χ0) is 39.3. The van der Waals surface area contributed by atoms with Gasteiger partial charge in [-0.1, -0.05) is 217 Å². The van der Waals surface area contributed by atoms with Gasteiger partial charge in [0, 0.05) is 7.11 Å². The van der Waals surface area contributed by atoms with Crippen molar-refractivity contribution in [3.63, 3.8) is 0 Å². The van der Waals surface area contributed by atoms with Gasteiger partial charge in [0.1, 0.15) is 0 Å². The molecule has 0 saturated carbocycles. The van der Waals surface area contributed by atoms with Crippen molar-refractivity contribution in [2.24, 2.45) is 0 Å². The SMILES string of the molecule is CO.Cc1cccc(-c2c3ccccc3c(-c3ccc(-c4ccccc4)cc3)c3ccccc23)c1.Cc1ccccc1.Cc1ccccc1-c1ccccc1C. The molecule has 9 aromatic carbocycles. The summed E-state index contributed by atoms with van der Waals surface area (Å²) in [7, 11) is 1.00. The third-order valence-corrected chi connectivity index (χ3v) is 10.0. The highest BCUT2D eigenvalue weighted by Crippen LogP contribution is 2.44. The molecule has 56 heavy (non-hydrogen) atoms. The molecule has 0 aliphatic heterocycles. The molecule has 9 aromatic rings. The van der Waals surface area contributed by atoms with Gasteiger partial charge in [0.15, 0.2) is 0 Å². The van der Waals surface area contributed by atoms with Crippen molar-refractivity contribution >= 4 is 21.5 Å². The third-order valence-electron chi connectivity index (χ3n) is 10.0. The van der Waals surface area contributed by atoms with Crippen molar-refractivity contribution in [1.29, 1.82) is 0 Å². The van der Waals surface area contributed by atoms with E-state index in [1.54, 1.807) is 0 Å². The van der Waals surface area contributed by atoms with Crippen molar-refractivity contribution in [2.45, 2.75) is 27.7 Å². The quantitative estimate of drug-likeness (QED) is 0.179. The van der Waals surface area contributed by atoms with Crippen LogP contribution in [0.25, 0.3) is 66.1 Å². The Labute approximate surface area is 333 Å². The Morgan fingerprint density at radius 3 is 1.04 bits per heavy atom. The molecule has 0 heterocycles. The predicted molar refractivity (Wildman–Crippen MR) is 243 cm³/mol. The highest BCUT2D eigenvalue weighted by molar-refractivity contribution is 6.21. The number of benzene rings is 9. The van der Waals surface area contributed by atoms with Crippen LogP contribution in [-0.4, -0.2) is 12.2 Å². The van der Waals surface area contributed by atoms with Gasteiger partial charge in [-0.2, -0.15) is 0 Å². The van der Waals surface area contributed by atoms with E-state index >= 15 is 0 Å². The monoisotopic (exact) mass is 726 g/mol. The first-order valence-electron chi connectivity index (χ1n) is 19.2. The Hall–Kier alpha value is -6.54. The lowest BCUT2D eigenvalue weighted by Crippen LogP contribution is -1.91. The Bertz CT molecular complexity index is 2520. The number of aliphatic hydroxyl groups excluding tert-OH is 1. The third kappa shape index (κ3) is 9.21. The summed E-state index contributed by atoms with van der Waals surface area (Å²) in [5, 5.41) is 12.2. The lowest BCUT2D eigenvalue weighted by Gasteiger charge is -2.18. The second-order valence-electron chi connectivity index (χ2n) is 13.9. The summed E-state index contributed by atoms with van der Waals surface area (Å²) in [6, 6.07) is 73.4. The summed E-state index contributed by atoms with van der Waals surface area (Å²) in [5.74, 6) is 0. The zero-order valence-electron chi connectivity index (χ0n) is 33.1. The van der Waals surface area contributed by atoms with Crippen LogP contribution in [0.2, 0.25) is 0 Å². The van der Waals surface area contributed by atoms with Crippen molar-refractivity contribution in [3.8, 4) is 44.5 Å². The van der Waals surface area contributed by atoms with Crippen LogP contribution in [0.15, 0.2) is 206 Å². The second-order valence-corrected chi connectivity index (χ2v) is 13.9. The van der Waals surface area contributed by atoms with E-state index in [4.69, 9.17) is 5.11 Å². The molecule has 0 radical (unpaired) electrons. The first-order chi connectivity index (χ1) is 27.5. The molecule has 9 rings (SSSR count). The summed E-state index contributed by atoms with van der Waals surface area (Å²) in [6.07, 6.45) is 0. The number of fused-ring (bicyclic) bond motifs is 2. The van der Waals surface area contributed by atoms with Crippen LogP contribution in [0.4, 0.5) is 0 Å². The molecule has 0 amide bonds. The summed E-state index contributed by atoms with van der Waals surface area (Å²) in [5.41, 5.74) is 15.6. The highest BCUT2D eigenvalue weighted by atomic mass is 16.2. The molecule has 0 aliphatic carbocycles. The van der Waals surface area contributed by atoms with Crippen molar-refractivity contribution in [2.75, 3.05) is 7.11 Å². The number of aliphatic hydroxyl groups is 1. The fourth-order valence-electron chi connectivity index (χ4n) is 7.30. The van der Waals surface area contributed by atoms with Gasteiger partial charge in [-0.15, -0.1) is 0 Å². The Balaban J connectivity index is 0.000000189. The van der Waals surface area contributed by atoms with Gasteiger partial charge in [0.25, 0.3) is 0 Å². The summed E-state index contributed by atoms with van der Waals surface area (Å²) < 4.78 is 0. The molecule has 1 nitrogen and oxygen atoms in total. The van der Waals surface area contributed by atoms with Crippen molar-refractivity contribution in [1.82, 2.24) is 0 Å². The van der Waals surface area contributed by atoms with Gasteiger partial charge in [0.05, 0.1) is 0 Å². The van der Waals surface area contributed by atoms with Crippen LogP contribution in [0.1, 0.15) is 22.3 Å². The van der Waals surface area contributed by atoms with E-state index < -0.39 is 0 Å². The Kier molecular flexibility index (Phi) is 13.4. The van der Waals surface area contributed by atoms with E-state index in [9.17, 15) is 0 Å². The van der Waals surface area contributed by atoms with Gasteiger partial charge < -0.3 is 5.11 Å². The normalized spacial score (nSPS) is 10.3. The minimum absolute atomic E-state index is 1.00. The second kappa shape index (κ2) is 19.2. The molecule has 0 bridgehead atoms. The average Bonchev–Trinajstić information content (AvgIpc) is 3.25.